The minimum Gasteiger partial charge on any atom is -0.229 e. The highest BCUT2D eigenvalue weighted by molar-refractivity contribution is 7.91. The number of sulfonamides is 1. The predicted octanol–water partition coefficient (Wildman–Crippen LogP) is 1.16. The molecule has 0 heterocycles. The molecule has 7 heteroatoms. The molecule has 2 aromatic carbocycles. The third kappa shape index (κ3) is 3.56. The van der Waals surface area contributed by atoms with E-state index in [1.165, 1.54) is 6.07 Å². The summed E-state index contributed by atoms with van der Waals surface area (Å²) in [6, 6.07) is 12.1. The fraction of sp³-hybridized carbons (Fsp3) is 0.231. The van der Waals surface area contributed by atoms with Gasteiger partial charge in [-0.05, 0) is 11.5 Å². The molecule has 5 nitrogen and oxygen atoms in total. The maximum Gasteiger partial charge on any atom is 0.241 e. The lowest BCUT2D eigenvalue weighted by molar-refractivity contribution is 0.583. The van der Waals surface area contributed by atoms with Crippen molar-refractivity contribution in [2.45, 2.75) is 4.90 Å². The second kappa shape index (κ2) is 5.51. The van der Waals surface area contributed by atoms with Gasteiger partial charge in [-0.2, -0.15) is 0 Å². The number of rotatable bonds is 5. The molecule has 0 atom stereocenters. The molecule has 0 fully saturated rings. The van der Waals surface area contributed by atoms with Crippen molar-refractivity contribution in [1.29, 1.82) is 0 Å². The third-order valence-electron chi connectivity index (χ3n) is 2.80. The van der Waals surface area contributed by atoms with E-state index in [4.69, 9.17) is 0 Å². The molecule has 1 N–H and O–H groups in total. The normalized spacial score (nSPS) is 12.7. The van der Waals surface area contributed by atoms with Crippen molar-refractivity contribution in [1.82, 2.24) is 4.72 Å². The average molecular weight is 313 g/mol. The Morgan fingerprint density at radius 1 is 0.950 bits per heavy atom. The second-order valence-electron chi connectivity index (χ2n) is 4.50. The van der Waals surface area contributed by atoms with Crippen LogP contribution in [0.3, 0.4) is 0 Å². The SMILES string of the molecule is CS(=O)(=O)CCNS(=O)(=O)c1cccc2ccccc12. The summed E-state index contributed by atoms with van der Waals surface area (Å²) < 4.78 is 48.8. The minimum absolute atomic E-state index is 0.135. The number of hydrogen-bond acceptors (Lipinski definition) is 4. The van der Waals surface area contributed by atoms with Crippen LogP contribution in [-0.4, -0.2) is 35.4 Å². The third-order valence-corrected chi connectivity index (χ3v) is 5.27. The fourth-order valence-corrected chi connectivity index (χ4v) is 3.73. The molecule has 2 aromatic rings. The van der Waals surface area contributed by atoms with Gasteiger partial charge in [-0.1, -0.05) is 36.4 Å². The second-order valence-corrected chi connectivity index (χ2v) is 8.50. The van der Waals surface area contributed by atoms with Crippen molar-refractivity contribution in [2.75, 3.05) is 18.6 Å². The first-order chi connectivity index (χ1) is 9.30. The quantitative estimate of drug-likeness (QED) is 0.898. The van der Waals surface area contributed by atoms with E-state index in [9.17, 15) is 16.8 Å². The Morgan fingerprint density at radius 3 is 2.30 bits per heavy atom. The van der Waals surface area contributed by atoms with E-state index in [-0.39, 0.29) is 17.2 Å². The van der Waals surface area contributed by atoms with Gasteiger partial charge < -0.3 is 0 Å². The summed E-state index contributed by atoms with van der Waals surface area (Å²) >= 11 is 0. The highest BCUT2D eigenvalue weighted by Gasteiger charge is 2.17. The molecule has 0 aliphatic carbocycles. The smallest absolute Gasteiger partial charge is 0.229 e. The van der Waals surface area contributed by atoms with E-state index in [1.807, 2.05) is 18.2 Å². The molecule has 20 heavy (non-hydrogen) atoms. The van der Waals surface area contributed by atoms with Crippen molar-refractivity contribution in [3.63, 3.8) is 0 Å². The van der Waals surface area contributed by atoms with Gasteiger partial charge in [0.05, 0.1) is 10.6 Å². The van der Waals surface area contributed by atoms with Crippen molar-refractivity contribution < 1.29 is 16.8 Å². The monoisotopic (exact) mass is 313 g/mol. The number of nitrogens with one attached hydrogen (secondary N) is 1. The van der Waals surface area contributed by atoms with Gasteiger partial charge in [0.15, 0.2) is 0 Å². The summed E-state index contributed by atoms with van der Waals surface area (Å²) in [6.45, 7) is -0.135. The van der Waals surface area contributed by atoms with Crippen LogP contribution in [0.25, 0.3) is 10.8 Å². The Bertz CT molecular complexity index is 821. The van der Waals surface area contributed by atoms with Gasteiger partial charge in [0.1, 0.15) is 9.84 Å². The van der Waals surface area contributed by atoms with E-state index in [0.29, 0.717) is 5.39 Å². The molecule has 0 aliphatic heterocycles. The summed E-state index contributed by atoms with van der Waals surface area (Å²) in [7, 11) is -6.92. The number of hydrogen-bond donors (Lipinski definition) is 1. The Balaban J connectivity index is 2.33. The van der Waals surface area contributed by atoms with Crippen LogP contribution in [0.2, 0.25) is 0 Å². The number of benzene rings is 2. The van der Waals surface area contributed by atoms with E-state index in [2.05, 4.69) is 4.72 Å². The fourth-order valence-electron chi connectivity index (χ4n) is 1.87. The van der Waals surface area contributed by atoms with Crippen LogP contribution in [0.4, 0.5) is 0 Å². The van der Waals surface area contributed by atoms with E-state index in [0.717, 1.165) is 11.6 Å². The van der Waals surface area contributed by atoms with Crippen LogP contribution < -0.4 is 4.72 Å². The van der Waals surface area contributed by atoms with Crippen LogP contribution in [0.1, 0.15) is 0 Å². The molecule has 108 valence electrons. The highest BCUT2D eigenvalue weighted by Crippen LogP contribution is 2.22. The van der Waals surface area contributed by atoms with Gasteiger partial charge in [0.25, 0.3) is 0 Å². The molecule has 0 amide bonds. The Labute approximate surface area is 118 Å². The maximum absolute atomic E-state index is 12.2. The molecule has 0 radical (unpaired) electrons. The first-order valence-corrected chi connectivity index (χ1v) is 9.49. The molecule has 0 saturated heterocycles. The van der Waals surface area contributed by atoms with Crippen molar-refractivity contribution in [3.8, 4) is 0 Å². The highest BCUT2D eigenvalue weighted by atomic mass is 32.2. The molecule has 2 rings (SSSR count). The lowest BCUT2D eigenvalue weighted by atomic mass is 10.1. The Hall–Kier alpha value is -1.44. The van der Waals surface area contributed by atoms with Crippen molar-refractivity contribution in [3.05, 3.63) is 42.5 Å². The lowest BCUT2D eigenvalue weighted by Crippen LogP contribution is -2.29. The van der Waals surface area contributed by atoms with Crippen LogP contribution >= 0.6 is 0 Å². The molecule has 0 saturated carbocycles. The standard InChI is InChI=1S/C13H15NO4S2/c1-19(15,16)10-9-14-20(17,18)13-8-4-6-11-5-2-3-7-12(11)13/h2-8,14H,9-10H2,1H3. The zero-order valence-corrected chi connectivity index (χ0v) is 12.5. The first-order valence-electron chi connectivity index (χ1n) is 5.95. The van der Waals surface area contributed by atoms with Crippen LogP contribution in [0, 0.1) is 0 Å². The largest absolute Gasteiger partial charge is 0.241 e. The Kier molecular flexibility index (Phi) is 4.12. The van der Waals surface area contributed by atoms with Gasteiger partial charge in [-0.3, -0.25) is 0 Å². The summed E-state index contributed by atoms with van der Waals surface area (Å²) in [4.78, 5) is 0.157. The summed E-state index contributed by atoms with van der Waals surface area (Å²) in [5.41, 5.74) is 0. The van der Waals surface area contributed by atoms with Gasteiger partial charge in [0.2, 0.25) is 10.0 Å². The van der Waals surface area contributed by atoms with Gasteiger partial charge in [-0.15, -0.1) is 0 Å². The summed E-state index contributed by atoms with van der Waals surface area (Å²) in [5.74, 6) is -0.225. The summed E-state index contributed by atoms with van der Waals surface area (Å²) in [5, 5.41) is 1.43. The maximum atomic E-state index is 12.2. The zero-order chi connectivity index (χ0) is 14.8. The molecular weight excluding hydrogens is 298 g/mol. The molecule has 0 unspecified atom stereocenters. The molecule has 0 bridgehead atoms. The van der Waals surface area contributed by atoms with Crippen molar-refractivity contribution >= 4 is 30.6 Å². The van der Waals surface area contributed by atoms with Crippen LogP contribution in [-0.2, 0) is 19.9 Å². The van der Waals surface area contributed by atoms with Crippen LogP contribution in [0.15, 0.2) is 47.4 Å². The van der Waals surface area contributed by atoms with E-state index in [1.54, 1.807) is 18.2 Å². The van der Waals surface area contributed by atoms with E-state index < -0.39 is 19.9 Å². The predicted molar refractivity (Wildman–Crippen MR) is 78.8 cm³/mol. The zero-order valence-electron chi connectivity index (χ0n) is 10.9. The average Bonchev–Trinajstić information content (AvgIpc) is 2.36. The Morgan fingerprint density at radius 2 is 1.60 bits per heavy atom. The van der Waals surface area contributed by atoms with Crippen LogP contribution in [0.5, 0.6) is 0 Å². The van der Waals surface area contributed by atoms with Crippen molar-refractivity contribution in [2.24, 2.45) is 0 Å². The first kappa shape index (κ1) is 15.0. The topological polar surface area (TPSA) is 80.3 Å². The van der Waals surface area contributed by atoms with Gasteiger partial charge in [-0.25, -0.2) is 21.6 Å². The van der Waals surface area contributed by atoms with Gasteiger partial charge >= 0.3 is 0 Å². The summed E-state index contributed by atoms with van der Waals surface area (Å²) in [6.07, 6.45) is 1.07. The molecule has 0 aliphatic rings. The molecule has 0 spiro atoms. The van der Waals surface area contributed by atoms with Gasteiger partial charge in [0, 0.05) is 18.2 Å². The molecule has 0 aromatic heterocycles. The van der Waals surface area contributed by atoms with E-state index >= 15 is 0 Å². The number of fused-ring (bicyclic) bond motifs is 1. The number of sulfone groups is 1. The lowest BCUT2D eigenvalue weighted by Gasteiger charge is -2.09. The minimum atomic E-state index is -3.72. The molecular formula is C13H15NO4S2.